The number of aliphatic imine (C=N–C) groups is 1. The number of aliphatic carboxylic acids is 1. The molecule has 0 aromatic heterocycles. The summed E-state index contributed by atoms with van der Waals surface area (Å²) >= 11 is 1.42. The zero-order valence-electron chi connectivity index (χ0n) is 31.7. The first-order chi connectivity index (χ1) is 24.9. The van der Waals surface area contributed by atoms with E-state index in [4.69, 9.17) is 28.0 Å². The van der Waals surface area contributed by atoms with Crippen LogP contribution in [-0.2, 0) is 33.6 Å². The Morgan fingerprint density at radius 1 is 0.660 bits per heavy atom. The highest BCUT2D eigenvalue weighted by Gasteiger charge is 2.30. The van der Waals surface area contributed by atoms with Crippen LogP contribution in [0.5, 0.6) is 0 Å². The number of unbranched alkanes of at least 4 members (excludes halogenated alkanes) is 1. The maximum Gasteiger partial charge on any atom is 0.322 e. The summed E-state index contributed by atoms with van der Waals surface area (Å²) in [5.41, 5.74) is 22.4. The van der Waals surface area contributed by atoms with Crippen molar-refractivity contribution in [3.63, 3.8) is 0 Å². The van der Waals surface area contributed by atoms with Crippen molar-refractivity contribution in [3.05, 3.63) is 0 Å². The first-order valence-electron chi connectivity index (χ1n) is 17.9. The average Bonchev–Trinajstić information content (AvgIpc) is 3.07. The van der Waals surface area contributed by atoms with E-state index in [0.717, 1.165) is 0 Å². The maximum absolute atomic E-state index is 13.6. The molecule has 0 heterocycles. The van der Waals surface area contributed by atoms with Crippen LogP contribution in [-0.4, -0.2) is 121 Å². The Kier molecular flexibility index (Phi) is 25.3. The van der Waals surface area contributed by atoms with Crippen LogP contribution in [0, 0.1) is 11.8 Å². The third-order valence-electron chi connectivity index (χ3n) is 7.66. The molecule has 0 spiro atoms. The molecule has 0 aliphatic heterocycles. The molecule has 5 atom stereocenters. The highest BCUT2D eigenvalue weighted by atomic mass is 32.2. The van der Waals surface area contributed by atoms with E-state index >= 15 is 0 Å². The SMILES string of the molecule is CSCC[C@H](NC(=O)[C@H](CCCN=C(N)N)NC(=O)CNC(=O)[C@H](CC(C)C)NC(=O)[C@@H](N)CC(C)C)C(=O)N[C@@H](CCCCN)C(=O)NCC(=O)O. The number of carbonyl (C=O) groups is 7. The number of nitrogens with zero attached hydrogens (tertiary/aromatic N) is 1. The molecule has 0 unspecified atom stereocenters. The smallest absolute Gasteiger partial charge is 0.322 e. The molecule has 0 bridgehead atoms. The van der Waals surface area contributed by atoms with Crippen LogP contribution in [0.15, 0.2) is 4.99 Å². The summed E-state index contributed by atoms with van der Waals surface area (Å²) in [6.07, 6.45) is 4.22. The minimum absolute atomic E-state index is 0.0242. The molecule has 6 amide bonds. The molecular weight excluding hydrogens is 710 g/mol. The van der Waals surface area contributed by atoms with Crippen LogP contribution >= 0.6 is 11.8 Å². The first-order valence-corrected chi connectivity index (χ1v) is 19.3. The summed E-state index contributed by atoms with van der Waals surface area (Å²) in [5.74, 6) is -4.67. The number of guanidine groups is 1. The van der Waals surface area contributed by atoms with Gasteiger partial charge in [-0.15, -0.1) is 0 Å². The summed E-state index contributed by atoms with van der Waals surface area (Å²) in [5, 5.41) is 24.3. The van der Waals surface area contributed by atoms with Gasteiger partial charge in [-0.1, -0.05) is 27.7 Å². The molecule has 53 heavy (non-hydrogen) atoms. The van der Waals surface area contributed by atoms with Crippen LogP contribution < -0.4 is 54.8 Å². The van der Waals surface area contributed by atoms with Crippen LogP contribution in [0.4, 0.5) is 0 Å². The lowest BCUT2D eigenvalue weighted by molar-refractivity contribution is -0.138. The fourth-order valence-electron chi connectivity index (χ4n) is 5.00. The number of carboxylic acids is 1. The molecule has 0 aliphatic rings. The molecule has 0 aromatic rings. The molecule has 15 N–H and O–H groups in total. The third kappa shape index (κ3) is 23.2. The van der Waals surface area contributed by atoms with Gasteiger partial charge in [0.05, 0.1) is 12.6 Å². The molecule has 304 valence electrons. The van der Waals surface area contributed by atoms with Crippen molar-refractivity contribution in [2.24, 2.45) is 39.8 Å². The second-order valence-electron chi connectivity index (χ2n) is 13.5. The van der Waals surface area contributed by atoms with Gasteiger partial charge in [0, 0.05) is 6.54 Å². The largest absolute Gasteiger partial charge is 0.480 e. The molecular formula is C33H63N11O8S. The van der Waals surface area contributed by atoms with Crippen molar-refractivity contribution >= 4 is 59.1 Å². The Morgan fingerprint density at radius 2 is 1.17 bits per heavy atom. The molecule has 19 nitrogen and oxygen atoms in total. The van der Waals surface area contributed by atoms with Gasteiger partial charge in [0.25, 0.3) is 0 Å². The van der Waals surface area contributed by atoms with E-state index < -0.39 is 84.7 Å². The van der Waals surface area contributed by atoms with E-state index in [1.807, 2.05) is 34.0 Å². The van der Waals surface area contributed by atoms with Gasteiger partial charge in [0.2, 0.25) is 35.4 Å². The minimum Gasteiger partial charge on any atom is -0.480 e. The van der Waals surface area contributed by atoms with Gasteiger partial charge in [0.1, 0.15) is 30.7 Å². The summed E-state index contributed by atoms with van der Waals surface area (Å²) in [6, 6.07) is -5.16. The Labute approximate surface area is 316 Å². The lowest BCUT2D eigenvalue weighted by Gasteiger charge is -2.25. The summed E-state index contributed by atoms with van der Waals surface area (Å²) in [6.45, 7) is 6.93. The van der Waals surface area contributed by atoms with Gasteiger partial charge in [-0.2, -0.15) is 11.8 Å². The van der Waals surface area contributed by atoms with Gasteiger partial charge in [-0.25, -0.2) is 0 Å². The van der Waals surface area contributed by atoms with Crippen LogP contribution in [0.1, 0.15) is 79.1 Å². The zero-order chi connectivity index (χ0) is 40.5. The number of carboxylic acid groups (broad SMARTS) is 1. The van der Waals surface area contributed by atoms with E-state index in [9.17, 15) is 33.6 Å². The lowest BCUT2D eigenvalue weighted by atomic mass is 10.0. The Balaban J connectivity index is 5.92. The van der Waals surface area contributed by atoms with Gasteiger partial charge in [-0.3, -0.25) is 38.6 Å². The number of amides is 6. The standard InChI is InChI=1S/C33H63N11O8S/c1-19(2)15-21(35)28(48)44-25(16-20(3)4)30(50)39-17-26(45)41-23(10-8-13-38-33(36)37)31(51)43-24(11-14-53-5)32(52)42-22(9-6-7-12-34)29(49)40-18-27(46)47/h19-25H,6-18,34-35H2,1-5H3,(H,39,50)(H,40,49)(H,41,45)(H,42,52)(H,43,51)(H,44,48)(H,46,47)(H4,36,37,38)/t21-,22-,23-,24-,25-/m0/s1. The Morgan fingerprint density at radius 3 is 1.70 bits per heavy atom. The molecule has 0 radical (unpaired) electrons. The van der Waals surface area contributed by atoms with Crippen molar-refractivity contribution in [2.75, 3.05) is 38.2 Å². The van der Waals surface area contributed by atoms with E-state index in [1.165, 1.54) is 11.8 Å². The Bertz CT molecular complexity index is 1220. The molecule has 20 heteroatoms. The first kappa shape index (κ1) is 48.8. The summed E-state index contributed by atoms with van der Waals surface area (Å²) in [4.78, 5) is 93.6. The Hall–Kier alpha value is -4.17. The zero-order valence-corrected chi connectivity index (χ0v) is 32.5. The van der Waals surface area contributed by atoms with E-state index in [2.05, 4.69) is 36.9 Å². The number of nitrogens with one attached hydrogen (secondary N) is 6. The highest BCUT2D eigenvalue weighted by Crippen LogP contribution is 2.09. The van der Waals surface area contributed by atoms with Crippen LogP contribution in [0.3, 0.4) is 0 Å². The van der Waals surface area contributed by atoms with Crippen molar-refractivity contribution in [1.29, 1.82) is 0 Å². The van der Waals surface area contributed by atoms with Gasteiger partial charge < -0.3 is 59.9 Å². The second-order valence-corrected chi connectivity index (χ2v) is 14.5. The van der Waals surface area contributed by atoms with Crippen LogP contribution in [0.25, 0.3) is 0 Å². The number of thioether (sulfide) groups is 1. The number of nitrogens with two attached hydrogens (primary N) is 4. The molecule has 0 aromatic carbocycles. The van der Waals surface area contributed by atoms with Gasteiger partial charge in [-0.05, 0) is 81.8 Å². The number of carbonyl (C=O) groups excluding carboxylic acids is 6. The van der Waals surface area contributed by atoms with Crippen molar-refractivity contribution < 1.29 is 38.7 Å². The van der Waals surface area contributed by atoms with Gasteiger partial charge >= 0.3 is 5.97 Å². The third-order valence-corrected chi connectivity index (χ3v) is 8.30. The van der Waals surface area contributed by atoms with E-state index in [1.54, 1.807) is 0 Å². The molecule has 0 aliphatic carbocycles. The lowest BCUT2D eigenvalue weighted by Crippen LogP contribution is -2.58. The predicted molar refractivity (Wildman–Crippen MR) is 204 cm³/mol. The topological polar surface area (TPSA) is 328 Å². The van der Waals surface area contributed by atoms with E-state index in [0.29, 0.717) is 31.6 Å². The average molecular weight is 774 g/mol. The molecule has 0 saturated heterocycles. The monoisotopic (exact) mass is 773 g/mol. The number of rotatable bonds is 28. The van der Waals surface area contributed by atoms with Crippen molar-refractivity contribution in [2.45, 2.75) is 109 Å². The minimum atomic E-state index is -1.26. The van der Waals surface area contributed by atoms with E-state index in [-0.39, 0.29) is 56.4 Å². The fraction of sp³-hybridized carbons (Fsp3) is 0.758. The number of hydrogen-bond acceptors (Lipinski definition) is 11. The maximum atomic E-state index is 13.6. The molecule has 0 saturated carbocycles. The van der Waals surface area contributed by atoms with Crippen molar-refractivity contribution in [3.8, 4) is 0 Å². The molecule has 0 rings (SSSR count). The normalized spacial score (nSPS) is 13.8. The fourth-order valence-corrected chi connectivity index (χ4v) is 5.47. The number of hydrogen-bond donors (Lipinski definition) is 11. The van der Waals surface area contributed by atoms with Crippen LogP contribution in [0.2, 0.25) is 0 Å². The highest BCUT2D eigenvalue weighted by molar-refractivity contribution is 7.98. The quantitative estimate of drug-likeness (QED) is 0.0225. The predicted octanol–water partition coefficient (Wildman–Crippen LogP) is -2.40. The molecule has 0 fully saturated rings. The summed E-state index contributed by atoms with van der Waals surface area (Å²) < 4.78 is 0. The summed E-state index contributed by atoms with van der Waals surface area (Å²) in [7, 11) is 0. The van der Waals surface area contributed by atoms with Gasteiger partial charge in [0.15, 0.2) is 5.96 Å². The van der Waals surface area contributed by atoms with Crippen molar-refractivity contribution in [1.82, 2.24) is 31.9 Å². The second kappa shape index (κ2) is 27.4.